The number of aryl methyl sites for hydroxylation is 1. The van der Waals surface area contributed by atoms with Crippen LogP contribution >= 0.6 is 12.4 Å². The van der Waals surface area contributed by atoms with Crippen molar-refractivity contribution in [2.24, 2.45) is 5.73 Å². The molecule has 2 rings (SSSR count). The summed E-state index contributed by atoms with van der Waals surface area (Å²) >= 11 is 0. The molecule has 1 amide bonds. The van der Waals surface area contributed by atoms with Crippen LogP contribution in [0.15, 0.2) is 48.5 Å². The predicted octanol–water partition coefficient (Wildman–Crippen LogP) is 3.00. The summed E-state index contributed by atoms with van der Waals surface area (Å²) in [6, 6.07) is 14.1. The molecule has 0 radical (unpaired) electrons. The standard InChI is InChI=1S/C18H21FN2O2.ClH/c1-23-17-9-7-13(11-15(17)19)8-10-18(22)21-12-16(20)14-5-3-2-4-6-14;/h2-7,9,11,16H,8,10,12,20H2,1H3,(H,21,22);1H. The van der Waals surface area contributed by atoms with Crippen LogP contribution in [-0.2, 0) is 11.2 Å². The van der Waals surface area contributed by atoms with Crippen molar-refractivity contribution in [1.29, 1.82) is 0 Å². The van der Waals surface area contributed by atoms with Crippen molar-refractivity contribution in [3.8, 4) is 5.75 Å². The van der Waals surface area contributed by atoms with Gasteiger partial charge < -0.3 is 15.8 Å². The van der Waals surface area contributed by atoms with Crippen LogP contribution < -0.4 is 15.8 Å². The summed E-state index contributed by atoms with van der Waals surface area (Å²) < 4.78 is 18.4. The van der Waals surface area contributed by atoms with Crippen LogP contribution in [0.2, 0.25) is 0 Å². The predicted molar refractivity (Wildman–Crippen MR) is 94.9 cm³/mol. The number of rotatable bonds is 7. The first-order valence-corrected chi connectivity index (χ1v) is 7.50. The molecule has 130 valence electrons. The maximum atomic E-state index is 13.6. The van der Waals surface area contributed by atoms with Crippen LogP contribution in [0.1, 0.15) is 23.6 Å². The van der Waals surface area contributed by atoms with Gasteiger partial charge in [-0.05, 0) is 29.7 Å². The van der Waals surface area contributed by atoms with E-state index < -0.39 is 5.82 Å². The summed E-state index contributed by atoms with van der Waals surface area (Å²) in [6.07, 6.45) is 0.751. The van der Waals surface area contributed by atoms with Crippen LogP contribution in [0, 0.1) is 5.82 Å². The molecule has 0 saturated carbocycles. The van der Waals surface area contributed by atoms with E-state index in [2.05, 4.69) is 5.32 Å². The summed E-state index contributed by atoms with van der Waals surface area (Å²) in [5.41, 5.74) is 7.76. The van der Waals surface area contributed by atoms with Gasteiger partial charge in [-0.3, -0.25) is 4.79 Å². The highest BCUT2D eigenvalue weighted by molar-refractivity contribution is 5.85. The fraction of sp³-hybridized carbons (Fsp3) is 0.278. The molecule has 0 aliphatic heterocycles. The van der Waals surface area contributed by atoms with E-state index in [0.717, 1.165) is 11.1 Å². The summed E-state index contributed by atoms with van der Waals surface area (Å²) in [5, 5.41) is 2.81. The Labute approximate surface area is 147 Å². The van der Waals surface area contributed by atoms with Gasteiger partial charge in [0.05, 0.1) is 7.11 Å². The molecule has 0 saturated heterocycles. The lowest BCUT2D eigenvalue weighted by Crippen LogP contribution is -2.32. The number of methoxy groups -OCH3 is 1. The molecule has 2 aromatic carbocycles. The van der Waals surface area contributed by atoms with Crippen LogP contribution in [0.25, 0.3) is 0 Å². The molecule has 0 fully saturated rings. The number of amides is 1. The Balaban J connectivity index is 0.00000288. The highest BCUT2D eigenvalue weighted by atomic mass is 35.5. The third kappa shape index (κ3) is 5.83. The Hall–Kier alpha value is -2.11. The Kier molecular flexibility index (Phi) is 8.22. The Bertz CT molecular complexity index is 653. The molecule has 3 N–H and O–H groups in total. The largest absolute Gasteiger partial charge is 0.494 e. The van der Waals surface area contributed by atoms with Crippen molar-refractivity contribution in [3.63, 3.8) is 0 Å². The van der Waals surface area contributed by atoms with E-state index in [9.17, 15) is 9.18 Å². The van der Waals surface area contributed by atoms with E-state index in [-0.39, 0.29) is 36.5 Å². The molecule has 0 aromatic heterocycles. The van der Waals surface area contributed by atoms with Gasteiger partial charge in [0, 0.05) is 19.0 Å². The number of nitrogens with one attached hydrogen (secondary N) is 1. The molecule has 6 heteroatoms. The minimum Gasteiger partial charge on any atom is -0.494 e. The van der Waals surface area contributed by atoms with E-state index in [1.807, 2.05) is 30.3 Å². The van der Waals surface area contributed by atoms with E-state index in [0.29, 0.717) is 13.0 Å². The van der Waals surface area contributed by atoms with Crippen molar-refractivity contribution in [2.45, 2.75) is 18.9 Å². The Morgan fingerprint density at radius 1 is 1.25 bits per heavy atom. The highest BCUT2D eigenvalue weighted by Gasteiger charge is 2.09. The maximum absolute atomic E-state index is 13.6. The van der Waals surface area contributed by atoms with Crippen molar-refractivity contribution in [1.82, 2.24) is 5.32 Å². The molecular formula is C18H22ClFN2O2. The SMILES string of the molecule is COc1ccc(CCC(=O)NCC(N)c2ccccc2)cc1F.Cl. The molecule has 0 heterocycles. The third-order valence-electron chi connectivity index (χ3n) is 3.60. The molecule has 1 unspecified atom stereocenters. The zero-order valence-corrected chi connectivity index (χ0v) is 14.3. The lowest BCUT2D eigenvalue weighted by atomic mass is 10.1. The monoisotopic (exact) mass is 352 g/mol. The quantitative estimate of drug-likeness (QED) is 0.805. The van der Waals surface area contributed by atoms with Gasteiger partial charge in [-0.25, -0.2) is 4.39 Å². The second-order valence-electron chi connectivity index (χ2n) is 5.29. The first kappa shape index (κ1) is 19.9. The lowest BCUT2D eigenvalue weighted by molar-refractivity contribution is -0.121. The Morgan fingerprint density at radius 3 is 2.58 bits per heavy atom. The average Bonchev–Trinajstić information content (AvgIpc) is 2.58. The first-order chi connectivity index (χ1) is 11.1. The minimum atomic E-state index is -0.420. The fourth-order valence-corrected chi connectivity index (χ4v) is 2.25. The smallest absolute Gasteiger partial charge is 0.220 e. The van der Waals surface area contributed by atoms with E-state index in [4.69, 9.17) is 10.5 Å². The van der Waals surface area contributed by atoms with Gasteiger partial charge in [-0.1, -0.05) is 36.4 Å². The van der Waals surface area contributed by atoms with Crippen LogP contribution in [0.5, 0.6) is 5.75 Å². The number of ether oxygens (including phenoxy) is 1. The van der Waals surface area contributed by atoms with Gasteiger partial charge >= 0.3 is 0 Å². The molecule has 0 bridgehead atoms. The van der Waals surface area contributed by atoms with Crippen LogP contribution in [0.4, 0.5) is 4.39 Å². The number of carbonyl (C=O) groups excluding carboxylic acids is 1. The van der Waals surface area contributed by atoms with Crippen molar-refractivity contribution >= 4 is 18.3 Å². The molecule has 2 aromatic rings. The minimum absolute atomic E-state index is 0. The van der Waals surface area contributed by atoms with Crippen molar-refractivity contribution < 1.29 is 13.9 Å². The van der Waals surface area contributed by atoms with Crippen LogP contribution in [0.3, 0.4) is 0 Å². The van der Waals surface area contributed by atoms with Gasteiger partial charge in [-0.2, -0.15) is 0 Å². The average molecular weight is 353 g/mol. The lowest BCUT2D eigenvalue weighted by Gasteiger charge is -2.13. The normalized spacial score (nSPS) is 11.3. The topological polar surface area (TPSA) is 64.3 Å². The van der Waals surface area contributed by atoms with E-state index >= 15 is 0 Å². The number of nitrogens with two attached hydrogens (primary N) is 1. The highest BCUT2D eigenvalue weighted by Crippen LogP contribution is 2.18. The zero-order valence-electron chi connectivity index (χ0n) is 13.5. The molecule has 0 aliphatic rings. The van der Waals surface area contributed by atoms with Gasteiger partial charge in [0.15, 0.2) is 11.6 Å². The van der Waals surface area contributed by atoms with Crippen LogP contribution in [-0.4, -0.2) is 19.6 Å². The second-order valence-corrected chi connectivity index (χ2v) is 5.29. The summed E-state index contributed by atoms with van der Waals surface area (Å²) in [7, 11) is 1.42. The van der Waals surface area contributed by atoms with E-state index in [1.54, 1.807) is 12.1 Å². The van der Waals surface area contributed by atoms with Crippen molar-refractivity contribution in [2.75, 3.05) is 13.7 Å². The summed E-state index contributed by atoms with van der Waals surface area (Å²) in [6.45, 7) is 0.375. The third-order valence-corrected chi connectivity index (χ3v) is 3.60. The fourth-order valence-electron chi connectivity index (χ4n) is 2.25. The molecule has 1 atom stereocenters. The molecule has 4 nitrogen and oxygen atoms in total. The Morgan fingerprint density at radius 2 is 1.96 bits per heavy atom. The van der Waals surface area contributed by atoms with Crippen molar-refractivity contribution in [3.05, 3.63) is 65.5 Å². The number of halogens is 2. The number of carbonyl (C=O) groups is 1. The molecule has 24 heavy (non-hydrogen) atoms. The zero-order chi connectivity index (χ0) is 16.7. The number of hydrogen-bond acceptors (Lipinski definition) is 3. The molecule has 0 spiro atoms. The second kappa shape index (κ2) is 9.90. The van der Waals surface area contributed by atoms with Gasteiger partial charge in [0.1, 0.15) is 0 Å². The van der Waals surface area contributed by atoms with Gasteiger partial charge in [0.2, 0.25) is 5.91 Å². The molecular weight excluding hydrogens is 331 g/mol. The summed E-state index contributed by atoms with van der Waals surface area (Å²) in [4.78, 5) is 11.9. The number of hydrogen-bond donors (Lipinski definition) is 2. The maximum Gasteiger partial charge on any atom is 0.220 e. The molecule has 0 aliphatic carbocycles. The number of benzene rings is 2. The summed E-state index contributed by atoms with van der Waals surface area (Å²) in [5.74, 6) is -0.323. The first-order valence-electron chi connectivity index (χ1n) is 7.50. The van der Waals surface area contributed by atoms with Gasteiger partial charge in [-0.15, -0.1) is 12.4 Å². The van der Waals surface area contributed by atoms with Gasteiger partial charge in [0.25, 0.3) is 0 Å². The van der Waals surface area contributed by atoms with E-state index in [1.165, 1.54) is 13.2 Å².